The molecular formula is C11H15N3S. The molecule has 0 fully saturated rings. The lowest BCUT2D eigenvalue weighted by molar-refractivity contribution is 0.794. The van der Waals surface area contributed by atoms with Gasteiger partial charge in [0.1, 0.15) is 5.82 Å². The normalized spacial score (nSPS) is 10.8. The predicted octanol–water partition coefficient (Wildman–Crippen LogP) is 2.34. The van der Waals surface area contributed by atoms with Gasteiger partial charge in [-0.2, -0.15) is 0 Å². The molecule has 2 aromatic heterocycles. The first kappa shape index (κ1) is 10.4. The lowest BCUT2D eigenvalue weighted by Gasteiger charge is -1.93. The average Bonchev–Trinajstić information content (AvgIpc) is 2.83. The number of nitrogens with one attached hydrogen (secondary N) is 1. The van der Waals surface area contributed by atoms with Crippen molar-refractivity contribution in [1.82, 2.24) is 9.97 Å². The van der Waals surface area contributed by atoms with Crippen LogP contribution in [0.5, 0.6) is 0 Å². The number of rotatable bonds is 4. The van der Waals surface area contributed by atoms with Crippen molar-refractivity contribution in [1.29, 1.82) is 0 Å². The van der Waals surface area contributed by atoms with E-state index in [0.29, 0.717) is 6.54 Å². The van der Waals surface area contributed by atoms with Crippen molar-refractivity contribution in [2.45, 2.75) is 19.8 Å². The van der Waals surface area contributed by atoms with Crippen LogP contribution in [-0.2, 0) is 6.42 Å². The van der Waals surface area contributed by atoms with Gasteiger partial charge in [-0.3, -0.25) is 0 Å². The fraction of sp³-hybridized carbons (Fsp3) is 0.364. The first-order chi connectivity index (χ1) is 7.29. The molecule has 4 heteroatoms. The van der Waals surface area contributed by atoms with Crippen LogP contribution in [0.2, 0.25) is 0 Å². The summed E-state index contributed by atoms with van der Waals surface area (Å²) < 4.78 is 0. The Labute approximate surface area is 93.4 Å². The minimum absolute atomic E-state index is 0.716. The maximum atomic E-state index is 5.46. The van der Waals surface area contributed by atoms with Crippen molar-refractivity contribution < 1.29 is 0 Å². The number of nitrogens with zero attached hydrogens (tertiary/aromatic N) is 1. The molecule has 0 aliphatic heterocycles. The van der Waals surface area contributed by atoms with E-state index in [-0.39, 0.29) is 0 Å². The monoisotopic (exact) mass is 221 g/mol. The third-order valence-corrected chi connectivity index (χ3v) is 3.29. The Kier molecular flexibility index (Phi) is 3.18. The second-order valence-corrected chi connectivity index (χ2v) is 4.83. The number of thiophene rings is 1. The third-order valence-electron chi connectivity index (χ3n) is 2.25. The molecule has 0 saturated carbocycles. The molecule has 0 aliphatic carbocycles. The fourth-order valence-corrected chi connectivity index (χ4v) is 2.30. The molecule has 0 spiro atoms. The molecule has 0 bridgehead atoms. The first-order valence-electron chi connectivity index (χ1n) is 5.10. The summed E-state index contributed by atoms with van der Waals surface area (Å²) in [5, 5.41) is 0. The van der Waals surface area contributed by atoms with Gasteiger partial charge in [-0.25, -0.2) is 4.98 Å². The van der Waals surface area contributed by atoms with Gasteiger partial charge in [-0.05, 0) is 32.0 Å². The molecule has 3 nitrogen and oxygen atoms in total. The molecule has 2 rings (SSSR count). The predicted molar refractivity (Wildman–Crippen MR) is 64.0 cm³/mol. The molecule has 0 aliphatic rings. The van der Waals surface area contributed by atoms with Crippen molar-refractivity contribution >= 4 is 11.3 Å². The van der Waals surface area contributed by atoms with Crippen LogP contribution in [0.4, 0.5) is 0 Å². The minimum Gasteiger partial charge on any atom is -0.341 e. The average molecular weight is 221 g/mol. The van der Waals surface area contributed by atoms with Crippen LogP contribution >= 0.6 is 11.3 Å². The topological polar surface area (TPSA) is 54.7 Å². The van der Waals surface area contributed by atoms with Gasteiger partial charge in [0, 0.05) is 11.3 Å². The largest absolute Gasteiger partial charge is 0.341 e. The Hall–Kier alpha value is -1.13. The lowest BCUT2D eigenvalue weighted by Crippen LogP contribution is -2.01. The van der Waals surface area contributed by atoms with E-state index in [1.165, 1.54) is 9.75 Å². The number of hydrogen-bond donors (Lipinski definition) is 2. The summed E-state index contributed by atoms with van der Waals surface area (Å²) in [6.45, 7) is 2.83. The molecule has 3 N–H and O–H groups in total. The van der Waals surface area contributed by atoms with E-state index < -0.39 is 0 Å². The maximum Gasteiger partial charge on any atom is 0.106 e. The number of nitrogens with two attached hydrogens (primary N) is 1. The van der Waals surface area contributed by atoms with Gasteiger partial charge in [0.2, 0.25) is 0 Å². The zero-order valence-corrected chi connectivity index (χ0v) is 9.60. The van der Waals surface area contributed by atoms with Gasteiger partial charge >= 0.3 is 0 Å². The number of aromatic nitrogens is 2. The van der Waals surface area contributed by atoms with E-state index >= 15 is 0 Å². The summed E-state index contributed by atoms with van der Waals surface area (Å²) in [4.78, 5) is 10.2. The summed E-state index contributed by atoms with van der Waals surface area (Å²) >= 11 is 1.78. The van der Waals surface area contributed by atoms with Gasteiger partial charge in [-0.1, -0.05) is 0 Å². The molecule has 2 heterocycles. The van der Waals surface area contributed by atoms with Crippen molar-refractivity contribution in [3.8, 4) is 10.6 Å². The Morgan fingerprint density at radius 3 is 3.00 bits per heavy atom. The van der Waals surface area contributed by atoms with E-state index in [9.17, 15) is 0 Å². The zero-order valence-electron chi connectivity index (χ0n) is 8.79. The number of hydrogen-bond acceptors (Lipinski definition) is 3. The number of aromatic amines is 1. The van der Waals surface area contributed by atoms with E-state index in [2.05, 4.69) is 29.0 Å². The van der Waals surface area contributed by atoms with Crippen LogP contribution in [0.3, 0.4) is 0 Å². The van der Waals surface area contributed by atoms with E-state index in [1.54, 1.807) is 11.3 Å². The second-order valence-electron chi connectivity index (χ2n) is 3.55. The lowest BCUT2D eigenvalue weighted by atomic mass is 10.3. The zero-order chi connectivity index (χ0) is 10.7. The molecule has 0 saturated heterocycles. The van der Waals surface area contributed by atoms with Gasteiger partial charge in [0.25, 0.3) is 0 Å². The van der Waals surface area contributed by atoms with Gasteiger partial charge in [0.05, 0.1) is 16.8 Å². The van der Waals surface area contributed by atoms with E-state index in [4.69, 9.17) is 5.73 Å². The minimum atomic E-state index is 0.716. The summed E-state index contributed by atoms with van der Waals surface area (Å²) in [7, 11) is 0. The fourth-order valence-electron chi connectivity index (χ4n) is 1.46. The van der Waals surface area contributed by atoms with Crippen LogP contribution in [0.15, 0.2) is 18.3 Å². The number of H-pyrrole nitrogens is 1. The third kappa shape index (κ3) is 2.46. The van der Waals surface area contributed by atoms with Crippen molar-refractivity contribution in [3.05, 3.63) is 29.0 Å². The van der Waals surface area contributed by atoms with Crippen molar-refractivity contribution in [3.63, 3.8) is 0 Å². The Morgan fingerprint density at radius 2 is 2.33 bits per heavy atom. The van der Waals surface area contributed by atoms with Gasteiger partial charge in [0.15, 0.2) is 0 Å². The highest BCUT2D eigenvalue weighted by atomic mass is 32.1. The molecule has 80 valence electrons. The molecule has 0 radical (unpaired) electrons. The highest BCUT2D eigenvalue weighted by molar-refractivity contribution is 7.15. The molecule has 2 aromatic rings. The highest BCUT2D eigenvalue weighted by Gasteiger charge is 2.04. The molecular weight excluding hydrogens is 206 g/mol. The molecule has 0 unspecified atom stereocenters. The second kappa shape index (κ2) is 4.59. The molecule has 15 heavy (non-hydrogen) atoms. The van der Waals surface area contributed by atoms with Crippen LogP contribution < -0.4 is 5.73 Å². The van der Waals surface area contributed by atoms with E-state index in [1.807, 2.05) is 6.20 Å². The number of aryl methyl sites for hydroxylation is 2. The Balaban J connectivity index is 2.13. The maximum absolute atomic E-state index is 5.46. The Morgan fingerprint density at radius 1 is 1.47 bits per heavy atom. The van der Waals surface area contributed by atoms with Crippen LogP contribution in [0.1, 0.15) is 17.1 Å². The standard InChI is InChI=1S/C11H15N3S/c1-8-4-5-10(15-8)9-7-13-11(14-9)3-2-6-12/h4-5,7H,2-3,6,12H2,1H3,(H,13,14). The molecule has 0 aromatic carbocycles. The Bertz CT molecular complexity index is 430. The highest BCUT2D eigenvalue weighted by Crippen LogP contribution is 2.25. The number of imidazole rings is 1. The first-order valence-corrected chi connectivity index (χ1v) is 5.92. The van der Waals surface area contributed by atoms with Crippen molar-refractivity contribution in [2.75, 3.05) is 6.54 Å². The summed E-state index contributed by atoms with van der Waals surface area (Å²) in [6, 6.07) is 4.25. The summed E-state index contributed by atoms with van der Waals surface area (Å²) in [5.41, 5.74) is 6.57. The SMILES string of the molecule is Cc1ccc(-c2cnc(CCCN)[nH]2)s1. The van der Waals surface area contributed by atoms with Gasteiger partial charge in [-0.15, -0.1) is 11.3 Å². The summed E-state index contributed by atoms with van der Waals surface area (Å²) in [5.74, 6) is 1.03. The molecule has 0 atom stereocenters. The smallest absolute Gasteiger partial charge is 0.106 e. The van der Waals surface area contributed by atoms with Crippen LogP contribution in [0.25, 0.3) is 10.6 Å². The summed E-state index contributed by atoms with van der Waals surface area (Å²) in [6.07, 6.45) is 3.81. The van der Waals surface area contributed by atoms with Crippen LogP contribution in [-0.4, -0.2) is 16.5 Å². The molecule has 0 amide bonds. The van der Waals surface area contributed by atoms with Gasteiger partial charge < -0.3 is 10.7 Å². The van der Waals surface area contributed by atoms with Crippen molar-refractivity contribution in [2.24, 2.45) is 5.73 Å². The van der Waals surface area contributed by atoms with E-state index in [0.717, 1.165) is 24.4 Å². The van der Waals surface area contributed by atoms with Crippen LogP contribution in [0, 0.1) is 6.92 Å². The quantitative estimate of drug-likeness (QED) is 0.832.